The molecule has 0 radical (unpaired) electrons. The maximum atomic E-state index is 4.41. The molecular formula is C12H17N5. The summed E-state index contributed by atoms with van der Waals surface area (Å²) in [5.74, 6) is 0.935. The molecule has 1 saturated heterocycles. The summed E-state index contributed by atoms with van der Waals surface area (Å²) in [7, 11) is 2.17. The number of likely N-dealkylation sites (tertiary alicyclic amines) is 1. The van der Waals surface area contributed by atoms with E-state index in [2.05, 4.69) is 27.3 Å². The lowest BCUT2D eigenvalue weighted by Crippen LogP contribution is -2.39. The number of nitrogens with one attached hydrogen (secondary N) is 1. The van der Waals surface area contributed by atoms with Crippen molar-refractivity contribution >= 4 is 11.3 Å². The zero-order valence-electron chi connectivity index (χ0n) is 10.0. The van der Waals surface area contributed by atoms with Crippen LogP contribution in [0.1, 0.15) is 12.8 Å². The van der Waals surface area contributed by atoms with Crippen molar-refractivity contribution in [2.75, 3.05) is 25.5 Å². The third-order valence-electron chi connectivity index (χ3n) is 3.29. The van der Waals surface area contributed by atoms with Gasteiger partial charge in [-0.15, -0.1) is 0 Å². The average Bonchev–Trinajstić information content (AvgIpc) is 2.78. The zero-order chi connectivity index (χ0) is 11.7. The predicted octanol–water partition coefficient (Wildman–Crippen LogP) is 1.24. The Kier molecular flexibility index (Phi) is 2.68. The minimum atomic E-state index is 0.488. The number of aromatic nitrogens is 3. The standard InChI is InChI=1S/C12H17N5/c1-16-7-2-3-10(9-16)15-12-11-4-5-14-17(11)8-6-13-12/h4-6,8,10H,2-3,7,9H2,1H3,(H,13,15). The lowest BCUT2D eigenvalue weighted by atomic mass is 10.1. The minimum absolute atomic E-state index is 0.488. The van der Waals surface area contributed by atoms with Gasteiger partial charge in [-0.2, -0.15) is 5.10 Å². The number of hydrogen-bond donors (Lipinski definition) is 1. The fourth-order valence-corrected chi connectivity index (χ4v) is 2.45. The molecular weight excluding hydrogens is 214 g/mol. The van der Waals surface area contributed by atoms with Crippen molar-refractivity contribution in [3.8, 4) is 0 Å². The summed E-state index contributed by atoms with van der Waals surface area (Å²) < 4.78 is 1.85. The summed E-state index contributed by atoms with van der Waals surface area (Å²) in [6, 6.07) is 2.48. The molecule has 1 N–H and O–H groups in total. The Morgan fingerprint density at radius 3 is 3.24 bits per heavy atom. The fourth-order valence-electron chi connectivity index (χ4n) is 2.45. The molecule has 90 valence electrons. The molecule has 0 aliphatic carbocycles. The Balaban J connectivity index is 1.82. The number of nitrogens with zero attached hydrogens (tertiary/aromatic N) is 4. The molecule has 3 rings (SSSR count). The third-order valence-corrected chi connectivity index (χ3v) is 3.29. The maximum Gasteiger partial charge on any atom is 0.152 e. The van der Waals surface area contributed by atoms with E-state index < -0.39 is 0 Å². The number of likely N-dealkylation sites (N-methyl/N-ethyl adjacent to an activating group) is 1. The lowest BCUT2D eigenvalue weighted by molar-refractivity contribution is 0.261. The molecule has 2 aromatic heterocycles. The van der Waals surface area contributed by atoms with Gasteiger partial charge in [0, 0.05) is 25.0 Å². The molecule has 1 atom stereocenters. The summed E-state index contributed by atoms with van der Waals surface area (Å²) >= 11 is 0. The van der Waals surface area contributed by atoms with Crippen molar-refractivity contribution in [3.05, 3.63) is 24.7 Å². The Morgan fingerprint density at radius 2 is 2.35 bits per heavy atom. The average molecular weight is 231 g/mol. The third kappa shape index (κ3) is 2.10. The Hall–Kier alpha value is -1.62. The molecule has 1 aliphatic rings. The van der Waals surface area contributed by atoms with Gasteiger partial charge in [-0.1, -0.05) is 0 Å². The van der Waals surface area contributed by atoms with Gasteiger partial charge < -0.3 is 10.2 Å². The minimum Gasteiger partial charge on any atom is -0.364 e. The Morgan fingerprint density at radius 1 is 1.41 bits per heavy atom. The van der Waals surface area contributed by atoms with Gasteiger partial charge in [-0.3, -0.25) is 0 Å². The van der Waals surface area contributed by atoms with Crippen LogP contribution < -0.4 is 5.32 Å². The predicted molar refractivity (Wildman–Crippen MR) is 67.1 cm³/mol. The van der Waals surface area contributed by atoms with Gasteiger partial charge in [0.05, 0.1) is 6.20 Å². The summed E-state index contributed by atoms with van der Waals surface area (Å²) in [6.45, 7) is 2.28. The molecule has 3 heterocycles. The van der Waals surface area contributed by atoms with Crippen molar-refractivity contribution in [3.63, 3.8) is 0 Å². The van der Waals surface area contributed by atoms with E-state index in [-0.39, 0.29) is 0 Å². The van der Waals surface area contributed by atoms with Crippen molar-refractivity contribution in [1.29, 1.82) is 0 Å². The van der Waals surface area contributed by atoms with Crippen LogP contribution in [-0.4, -0.2) is 45.7 Å². The largest absolute Gasteiger partial charge is 0.364 e. The van der Waals surface area contributed by atoms with E-state index in [0.717, 1.165) is 17.9 Å². The van der Waals surface area contributed by atoms with E-state index in [0.29, 0.717) is 6.04 Å². The van der Waals surface area contributed by atoms with Gasteiger partial charge in [-0.05, 0) is 32.5 Å². The van der Waals surface area contributed by atoms with Gasteiger partial charge in [0.15, 0.2) is 5.82 Å². The van der Waals surface area contributed by atoms with E-state index in [1.807, 2.05) is 16.8 Å². The van der Waals surface area contributed by atoms with Crippen LogP contribution in [0.3, 0.4) is 0 Å². The van der Waals surface area contributed by atoms with Crippen LogP contribution in [0.5, 0.6) is 0 Å². The first-order valence-corrected chi connectivity index (χ1v) is 6.06. The Bertz CT molecular complexity index is 506. The second-order valence-electron chi connectivity index (χ2n) is 4.68. The second kappa shape index (κ2) is 4.33. The maximum absolute atomic E-state index is 4.41. The van der Waals surface area contributed by atoms with Crippen LogP contribution in [0.25, 0.3) is 5.52 Å². The van der Waals surface area contributed by atoms with E-state index in [9.17, 15) is 0 Å². The van der Waals surface area contributed by atoms with Gasteiger partial charge >= 0.3 is 0 Å². The topological polar surface area (TPSA) is 45.5 Å². The van der Waals surface area contributed by atoms with Crippen molar-refractivity contribution in [2.45, 2.75) is 18.9 Å². The highest BCUT2D eigenvalue weighted by Crippen LogP contribution is 2.17. The SMILES string of the molecule is CN1CCCC(Nc2nccn3nccc23)C1. The molecule has 0 saturated carbocycles. The molecule has 5 nitrogen and oxygen atoms in total. The molecule has 0 amide bonds. The van der Waals surface area contributed by atoms with Gasteiger partial charge in [0.25, 0.3) is 0 Å². The van der Waals surface area contributed by atoms with Crippen LogP contribution in [-0.2, 0) is 0 Å². The first-order valence-electron chi connectivity index (χ1n) is 6.06. The van der Waals surface area contributed by atoms with Crippen LogP contribution in [0, 0.1) is 0 Å². The molecule has 1 fully saturated rings. The van der Waals surface area contributed by atoms with Gasteiger partial charge in [0.1, 0.15) is 5.52 Å². The van der Waals surface area contributed by atoms with Crippen molar-refractivity contribution in [1.82, 2.24) is 19.5 Å². The quantitative estimate of drug-likeness (QED) is 0.844. The highest BCUT2D eigenvalue weighted by atomic mass is 15.2. The highest BCUT2D eigenvalue weighted by Gasteiger charge is 2.18. The number of piperidine rings is 1. The number of anilines is 1. The van der Waals surface area contributed by atoms with Crippen LogP contribution in [0.2, 0.25) is 0 Å². The summed E-state index contributed by atoms with van der Waals surface area (Å²) in [4.78, 5) is 6.77. The summed E-state index contributed by atoms with van der Waals surface area (Å²) in [6.07, 6.45) is 7.91. The smallest absolute Gasteiger partial charge is 0.152 e. The van der Waals surface area contributed by atoms with E-state index in [1.54, 1.807) is 12.4 Å². The number of rotatable bonds is 2. The lowest BCUT2D eigenvalue weighted by Gasteiger charge is -2.30. The number of fused-ring (bicyclic) bond motifs is 1. The molecule has 0 aromatic carbocycles. The van der Waals surface area contributed by atoms with Crippen molar-refractivity contribution in [2.24, 2.45) is 0 Å². The molecule has 5 heteroatoms. The summed E-state index contributed by atoms with van der Waals surface area (Å²) in [5.41, 5.74) is 1.04. The van der Waals surface area contributed by atoms with E-state index in [1.165, 1.54) is 19.4 Å². The van der Waals surface area contributed by atoms with Crippen molar-refractivity contribution < 1.29 is 0 Å². The first-order chi connectivity index (χ1) is 8.33. The van der Waals surface area contributed by atoms with Gasteiger partial charge in [0.2, 0.25) is 0 Å². The van der Waals surface area contributed by atoms with E-state index in [4.69, 9.17) is 0 Å². The van der Waals surface area contributed by atoms with Crippen LogP contribution >= 0.6 is 0 Å². The fraction of sp³-hybridized carbons (Fsp3) is 0.500. The van der Waals surface area contributed by atoms with Crippen LogP contribution in [0.4, 0.5) is 5.82 Å². The second-order valence-corrected chi connectivity index (χ2v) is 4.68. The molecule has 1 aliphatic heterocycles. The molecule has 17 heavy (non-hydrogen) atoms. The van der Waals surface area contributed by atoms with Gasteiger partial charge in [-0.25, -0.2) is 9.50 Å². The summed E-state index contributed by atoms with van der Waals surface area (Å²) in [5, 5.41) is 7.74. The first kappa shape index (κ1) is 10.5. The highest BCUT2D eigenvalue weighted by molar-refractivity contribution is 5.67. The van der Waals surface area contributed by atoms with Crippen LogP contribution in [0.15, 0.2) is 24.7 Å². The Labute approximate surface area is 100 Å². The molecule has 0 bridgehead atoms. The monoisotopic (exact) mass is 231 g/mol. The number of hydrogen-bond acceptors (Lipinski definition) is 4. The molecule has 2 aromatic rings. The molecule has 0 spiro atoms. The van der Waals surface area contributed by atoms with E-state index >= 15 is 0 Å². The molecule has 1 unspecified atom stereocenters. The normalized spacial score (nSPS) is 21.8. The zero-order valence-corrected chi connectivity index (χ0v) is 10.0.